The summed E-state index contributed by atoms with van der Waals surface area (Å²) >= 11 is 0. The minimum absolute atomic E-state index is 0.123. The number of nitrogens with zero attached hydrogens (tertiary/aromatic N) is 2. The lowest BCUT2D eigenvalue weighted by Gasteiger charge is -2.39. The van der Waals surface area contributed by atoms with Gasteiger partial charge < -0.3 is 14.4 Å². The van der Waals surface area contributed by atoms with Crippen LogP contribution in [0.1, 0.15) is 28.3 Å². The summed E-state index contributed by atoms with van der Waals surface area (Å²) in [6.07, 6.45) is 0.785. The number of carbonyl (C=O) groups excluding carboxylic acids is 1. The Kier molecular flexibility index (Phi) is 6.76. The van der Waals surface area contributed by atoms with Crippen molar-refractivity contribution in [1.82, 2.24) is 9.80 Å². The van der Waals surface area contributed by atoms with E-state index in [1.165, 1.54) is 11.1 Å². The third-order valence-corrected chi connectivity index (χ3v) is 6.01. The smallest absolute Gasteiger partial charge is 0.237 e. The van der Waals surface area contributed by atoms with E-state index in [9.17, 15) is 4.79 Å². The molecule has 1 atom stereocenters. The van der Waals surface area contributed by atoms with Crippen LogP contribution in [-0.2, 0) is 17.8 Å². The highest BCUT2D eigenvalue weighted by atomic mass is 16.5. The number of hydrogen-bond acceptors (Lipinski definition) is 4. The van der Waals surface area contributed by atoms with Crippen LogP contribution in [0.25, 0.3) is 0 Å². The zero-order chi connectivity index (χ0) is 22.5. The number of methoxy groups -OCH3 is 2. The fraction of sp³-hybridized carbons (Fsp3) is 0.296. The summed E-state index contributed by atoms with van der Waals surface area (Å²) in [5.74, 6) is 1.53. The van der Waals surface area contributed by atoms with E-state index in [2.05, 4.69) is 29.2 Å². The van der Waals surface area contributed by atoms with Crippen LogP contribution in [0.4, 0.5) is 0 Å². The van der Waals surface area contributed by atoms with Crippen molar-refractivity contribution >= 4 is 5.91 Å². The first-order valence-electron chi connectivity index (χ1n) is 10.9. The highest BCUT2D eigenvalue weighted by Crippen LogP contribution is 2.41. The average molecular weight is 431 g/mol. The summed E-state index contributed by atoms with van der Waals surface area (Å²) in [7, 11) is 5.29. The van der Waals surface area contributed by atoms with Crippen molar-refractivity contribution < 1.29 is 14.3 Å². The molecule has 1 aliphatic heterocycles. The number of carbonyl (C=O) groups is 1. The quantitative estimate of drug-likeness (QED) is 0.560. The van der Waals surface area contributed by atoms with Gasteiger partial charge in [-0.3, -0.25) is 9.69 Å². The molecule has 0 saturated carbocycles. The first-order valence-corrected chi connectivity index (χ1v) is 10.9. The van der Waals surface area contributed by atoms with Crippen molar-refractivity contribution in [3.63, 3.8) is 0 Å². The second-order valence-corrected chi connectivity index (χ2v) is 8.21. The van der Waals surface area contributed by atoms with Crippen molar-refractivity contribution in [2.45, 2.75) is 19.0 Å². The van der Waals surface area contributed by atoms with Gasteiger partial charge in [-0.25, -0.2) is 0 Å². The van der Waals surface area contributed by atoms with Crippen LogP contribution < -0.4 is 9.47 Å². The minimum atomic E-state index is -0.155. The standard InChI is InChI=1S/C27H30N2O3/c1-28(18-20-10-6-4-7-11-20)19-26(30)29-15-14-22-16-24(31-2)25(32-3)17-23(22)27(29)21-12-8-5-9-13-21/h4-13,16-17,27H,14-15,18-19H2,1-3H3. The van der Waals surface area contributed by atoms with Crippen LogP contribution in [0.5, 0.6) is 11.5 Å². The fourth-order valence-corrected chi connectivity index (χ4v) is 4.48. The first-order chi connectivity index (χ1) is 15.6. The van der Waals surface area contributed by atoms with Gasteiger partial charge in [0, 0.05) is 13.1 Å². The molecule has 0 spiro atoms. The maximum Gasteiger partial charge on any atom is 0.237 e. The highest BCUT2D eigenvalue weighted by Gasteiger charge is 2.33. The predicted octanol–water partition coefficient (Wildman–Crippen LogP) is 4.31. The summed E-state index contributed by atoms with van der Waals surface area (Å²) in [6.45, 7) is 1.76. The molecule has 4 rings (SSSR count). The predicted molar refractivity (Wildman–Crippen MR) is 126 cm³/mol. The second kappa shape index (κ2) is 9.88. The van der Waals surface area contributed by atoms with Crippen LogP contribution >= 0.6 is 0 Å². The molecular weight excluding hydrogens is 400 g/mol. The Morgan fingerprint density at radius 2 is 1.59 bits per heavy atom. The number of hydrogen-bond donors (Lipinski definition) is 0. The van der Waals surface area contributed by atoms with Gasteiger partial charge in [-0.2, -0.15) is 0 Å². The van der Waals surface area contributed by atoms with E-state index in [4.69, 9.17) is 9.47 Å². The lowest BCUT2D eigenvalue weighted by Crippen LogP contribution is -2.44. The molecule has 5 heteroatoms. The minimum Gasteiger partial charge on any atom is -0.493 e. The molecule has 32 heavy (non-hydrogen) atoms. The van der Waals surface area contributed by atoms with Gasteiger partial charge in [-0.15, -0.1) is 0 Å². The summed E-state index contributed by atoms with van der Waals surface area (Å²) in [5, 5.41) is 0. The second-order valence-electron chi connectivity index (χ2n) is 8.21. The van der Waals surface area contributed by atoms with Gasteiger partial charge in [0.15, 0.2) is 11.5 Å². The van der Waals surface area contributed by atoms with Crippen molar-refractivity contribution in [3.8, 4) is 11.5 Å². The summed E-state index contributed by atoms with van der Waals surface area (Å²) in [5.41, 5.74) is 4.58. The van der Waals surface area contributed by atoms with Crippen molar-refractivity contribution in [3.05, 3.63) is 95.1 Å². The number of likely N-dealkylation sites (N-methyl/N-ethyl adjacent to an activating group) is 1. The van der Waals surface area contributed by atoms with Gasteiger partial charge in [0.25, 0.3) is 0 Å². The molecule has 166 valence electrons. The molecule has 0 radical (unpaired) electrons. The molecule has 1 amide bonds. The SMILES string of the molecule is COc1cc2c(cc1OC)C(c1ccccc1)N(C(=O)CN(C)Cc1ccccc1)CC2. The lowest BCUT2D eigenvalue weighted by atomic mass is 9.87. The number of amides is 1. The molecule has 3 aromatic rings. The molecule has 0 aromatic heterocycles. The van der Waals surface area contributed by atoms with E-state index in [1.54, 1.807) is 14.2 Å². The monoisotopic (exact) mass is 430 g/mol. The van der Waals surface area contributed by atoms with Crippen molar-refractivity contribution in [1.29, 1.82) is 0 Å². The lowest BCUT2D eigenvalue weighted by molar-refractivity contribution is -0.134. The molecule has 0 aliphatic carbocycles. The van der Waals surface area contributed by atoms with Crippen LogP contribution in [0.2, 0.25) is 0 Å². The third kappa shape index (κ3) is 4.63. The van der Waals surface area contributed by atoms with Crippen molar-refractivity contribution in [2.75, 3.05) is 34.4 Å². The Labute approximate surface area is 190 Å². The van der Waals surface area contributed by atoms with Crippen molar-refractivity contribution in [2.24, 2.45) is 0 Å². The van der Waals surface area contributed by atoms with Crippen LogP contribution in [0, 0.1) is 0 Å². The van der Waals surface area contributed by atoms with E-state index >= 15 is 0 Å². The number of rotatable bonds is 7. The summed E-state index contributed by atoms with van der Waals surface area (Å²) in [6, 6.07) is 24.4. The molecular formula is C27H30N2O3. The molecule has 0 saturated heterocycles. The highest BCUT2D eigenvalue weighted by molar-refractivity contribution is 5.80. The maximum absolute atomic E-state index is 13.5. The van der Waals surface area contributed by atoms with E-state index < -0.39 is 0 Å². The maximum atomic E-state index is 13.5. The summed E-state index contributed by atoms with van der Waals surface area (Å²) in [4.78, 5) is 17.6. The largest absolute Gasteiger partial charge is 0.493 e. The summed E-state index contributed by atoms with van der Waals surface area (Å²) < 4.78 is 11.1. The Morgan fingerprint density at radius 3 is 2.25 bits per heavy atom. The molecule has 0 N–H and O–H groups in total. The van der Waals surface area contributed by atoms with Crippen LogP contribution in [0.3, 0.4) is 0 Å². The first kappa shape index (κ1) is 21.9. The third-order valence-electron chi connectivity index (χ3n) is 6.01. The van der Waals surface area contributed by atoms with Crippen LogP contribution in [0.15, 0.2) is 72.8 Å². The Morgan fingerprint density at radius 1 is 0.969 bits per heavy atom. The molecule has 3 aromatic carbocycles. The fourth-order valence-electron chi connectivity index (χ4n) is 4.48. The molecule has 1 aliphatic rings. The van der Waals surface area contributed by atoms with E-state index in [0.717, 1.165) is 29.8 Å². The Bertz CT molecular complexity index is 1050. The molecule has 1 unspecified atom stereocenters. The molecule has 1 heterocycles. The van der Waals surface area contributed by atoms with E-state index in [1.807, 2.05) is 60.5 Å². The zero-order valence-electron chi connectivity index (χ0n) is 19.0. The van der Waals surface area contributed by atoms with Gasteiger partial charge in [-0.1, -0.05) is 60.7 Å². The van der Waals surface area contributed by atoms with E-state index in [-0.39, 0.29) is 11.9 Å². The molecule has 0 fully saturated rings. The topological polar surface area (TPSA) is 42.0 Å². The van der Waals surface area contributed by atoms with Gasteiger partial charge in [0.1, 0.15) is 0 Å². The number of fused-ring (bicyclic) bond motifs is 1. The Hall–Kier alpha value is -3.31. The average Bonchev–Trinajstić information content (AvgIpc) is 2.83. The van der Waals surface area contributed by atoms with Gasteiger partial charge in [0.2, 0.25) is 5.91 Å². The van der Waals surface area contributed by atoms with Crippen LogP contribution in [-0.4, -0.2) is 50.1 Å². The van der Waals surface area contributed by atoms with Gasteiger partial charge in [-0.05, 0) is 47.9 Å². The molecule has 0 bridgehead atoms. The van der Waals surface area contributed by atoms with E-state index in [0.29, 0.717) is 18.8 Å². The number of benzene rings is 3. The Balaban J connectivity index is 1.63. The number of ether oxygens (including phenoxy) is 2. The van der Waals surface area contributed by atoms with Gasteiger partial charge in [0.05, 0.1) is 26.8 Å². The van der Waals surface area contributed by atoms with Gasteiger partial charge >= 0.3 is 0 Å². The molecule has 5 nitrogen and oxygen atoms in total. The zero-order valence-corrected chi connectivity index (χ0v) is 19.0. The normalized spacial score (nSPS) is 15.4.